The number of hydrogen-bond donors (Lipinski definition) is 0. The summed E-state index contributed by atoms with van der Waals surface area (Å²) in [5.74, 6) is 1.21. The predicted molar refractivity (Wildman–Crippen MR) is 210 cm³/mol. The molecule has 0 N–H and O–H groups in total. The molecule has 6 aromatic rings. The molecule has 4 aromatic heterocycles. The van der Waals surface area contributed by atoms with E-state index in [0.717, 1.165) is 63.8 Å². The van der Waals surface area contributed by atoms with Crippen molar-refractivity contribution in [3.8, 4) is 22.5 Å². The SMILES string of the molecule is CC(C)Cc1cc(-c2[c-]ccc(C(C)(C)C)c2)ncc1[Si](C)(C)C.CCC(CC)c1ccnc(-c2[c-]ccc3c2oc2nc(C)ccc23)c1.[Ir]. The van der Waals surface area contributed by atoms with E-state index in [1.54, 1.807) is 0 Å². The van der Waals surface area contributed by atoms with Crippen LogP contribution in [-0.4, -0.2) is 23.0 Å². The Morgan fingerprint density at radius 1 is 0.840 bits per heavy atom. The van der Waals surface area contributed by atoms with E-state index in [1.165, 1.54) is 21.9 Å². The van der Waals surface area contributed by atoms with Gasteiger partial charge in [0.15, 0.2) is 0 Å². The van der Waals surface area contributed by atoms with E-state index in [9.17, 15) is 0 Å². The summed E-state index contributed by atoms with van der Waals surface area (Å²) in [6.45, 7) is 25.0. The van der Waals surface area contributed by atoms with Crippen LogP contribution in [0.5, 0.6) is 0 Å². The maximum atomic E-state index is 6.09. The van der Waals surface area contributed by atoms with Crippen LogP contribution in [0.2, 0.25) is 19.6 Å². The minimum atomic E-state index is -1.38. The third kappa shape index (κ3) is 9.07. The van der Waals surface area contributed by atoms with Gasteiger partial charge >= 0.3 is 0 Å². The average molecular weight is 860 g/mol. The van der Waals surface area contributed by atoms with Gasteiger partial charge in [0.1, 0.15) is 0 Å². The molecule has 0 unspecified atom stereocenters. The van der Waals surface area contributed by atoms with Gasteiger partial charge in [-0.15, -0.1) is 53.6 Å². The zero-order valence-electron chi connectivity index (χ0n) is 31.8. The smallest absolute Gasteiger partial charge is 0.216 e. The zero-order chi connectivity index (χ0) is 35.5. The normalized spacial score (nSPS) is 11.9. The molecule has 0 fully saturated rings. The van der Waals surface area contributed by atoms with Crippen LogP contribution < -0.4 is 5.19 Å². The third-order valence-corrected chi connectivity index (χ3v) is 11.4. The maximum absolute atomic E-state index is 6.09. The summed E-state index contributed by atoms with van der Waals surface area (Å²) in [6, 6.07) is 27.8. The number of nitrogens with zero attached hydrogens (tertiary/aromatic N) is 3. The second-order valence-corrected chi connectivity index (χ2v) is 20.8. The molecule has 0 aliphatic heterocycles. The molecule has 2 aromatic carbocycles. The van der Waals surface area contributed by atoms with Crippen LogP contribution in [0.15, 0.2) is 77.5 Å². The van der Waals surface area contributed by atoms with Crippen molar-refractivity contribution < 1.29 is 24.5 Å². The molecule has 0 saturated carbocycles. The van der Waals surface area contributed by atoms with Crippen LogP contribution in [0.3, 0.4) is 0 Å². The zero-order valence-corrected chi connectivity index (χ0v) is 35.2. The number of benzene rings is 2. The first-order valence-electron chi connectivity index (χ1n) is 17.9. The van der Waals surface area contributed by atoms with Gasteiger partial charge in [0, 0.05) is 43.6 Å². The summed E-state index contributed by atoms with van der Waals surface area (Å²) >= 11 is 0. The molecule has 0 bridgehead atoms. The first-order valence-corrected chi connectivity index (χ1v) is 21.4. The Morgan fingerprint density at radius 3 is 2.22 bits per heavy atom. The Morgan fingerprint density at radius 2 is 1.56 bits per heavy atom. The van der Waals surface area contributed by atoms with Gasteiger partial charge in [-0.1, -0.05) is 102 Å². The second kappa shape index (κ2) is 16.3. The van der Waals surface area contributed by atoms with Crippen molar-refractivity contribution in [3.05, 3.63) is 108 Å². The van der Waals surface area contributed by atoms with Crippen LogP contribution in [0.25, 0.3) is 44.6 Å². The largest absolute Gasteiger partial charge is 0.486 e. The van der Waals surface area contributed by atoms with E-state index in [2.05, 4.69) is 133 Å². The standard InChI is InChI=1S/C22H21N2O.C22H32NSi.Ir/c1-4-15(5-2)16-11-12-23-20(13-16)19-8-6-7-17-18-10-9-14(3)24-22(18)25-21(17)19;1-16(2)12-18-14-20(23-15-21(18)24(6,7)8)17-10-9-11-19(13-17)22(3,4)5;/h6-7,9-13,15H,4-5H2,1-3H3;9,11,13-16H,12H2,1-8H3;/q2*-1;. The number of hydrogen-bond acceptors (Lipinski definition) is 4. The number of fused-ring (bicyclic) bond motifs is 3. The van der Waals surface area contributed by atoms with E-state index in [4.69, 9.17) is 9.40 Å². The molecule has 0 amide bonds. The first kappa shape index (κ1) is 39.3. The van der Waals surface area contributed by atoms with Crippen molar-refractivity contribution in [2.24, 2.45) is 5.92 Å². The molecule has 0 spiro atoms. The third-order valence-electron chi connectivity index (χ3n) is 9.30. The molecule has 6 heteroatoms. The van der Waals surface area contributed by atoms with Gasteiger partial charge in [-0.05, 0) is 78.2 Å². The molecule has 6 rings (SSSR count). The van der Waals surface area contributed by atoms with Crippen molar-refractivity contribution >= 4 is 35.3 Å². The molecule has 4 heterocycles. The Labute approximate surface area is 314 Å². The van der Waals surface area contributed by atoms with Crippen molar-refractivity contribution in [1.29, 1.82) is 0 Å². The molecule has 1 radical (unpaired) electrons. The van der Waals surface area contributed by atoms with Gasteiger partial charge < -0.3 is 14.4 Å². The quantitative estimate of drug-likeness (QED) is 0.113. The summed E-state index contributed by atoms with van der Waals surface area (Å²) < 4.78 is 6.09. The summed E-state index contributed by atoms with van der Waals surface area (Å²) in [5, 5.41) is 3.59. The van der Waals surface area contributed by atoms with Gasteiger partial charge in [-0.3, -0.25) is 0 Å². The van der Waals surface area contributed by atoms with E-state index in [1.807, 2.05) is 37.4 Å². The van der Waals surface area contributed by atoms with Crippen molar-refractivity contribution in [2.45, 2.75) is 106 Å². The average Bonchev–Trinajstić information content (AvgIpc) is 3.42. The second-order valence-electron chi connectivity index (χ2n) is 15.8. The molecular formula is C44H53IrN3OSi-2. The molecule has 265 valence electrons. The van der Waals surface area contributed by atoms with Gasteiger partial charge in [0.05, 0.1) is 13.7 Å². The summed E-state index contributed by atoms with van der Waals surface area (Å²) in [6.07, 6.45) is 7.40. The number of aryl methyl sites for hydroxylation is 1. The Balaban J connectivity index is 0.000000221. The molecule has 0 aliphatic rings. The molecule has 0 aliphatic carbocycles. The maximum Gasteiger partial charge on any atom is 0.216 e. The summed E-state index contributed by atoms with van der Waals surface area (Å²) in [5.41, 5.74) is 10.7. The number of furan rings is 1. The van der Waals surface area contributed by atoms with Crippen LogP contribution in [0, 0.1) is 25.0 Å². The van der Waals surface area contributed by atoms with Gasteiger partial charge in [-0.2, -0.15) is 0 Å². The Hall–Kier alpha value is -3.44. The van der Waals surface area contributed by atoms with Gasteiger partial charge in [0.2, 0.25) is 5.71 Å². The van der Waals surface area contributed by atoms with Crippen molar-refractivity contribution in [3.63, 3.8) is 0 Å². The Bertz CT molecular complexity index is 2050. The minimum Gasteiger partial charge on any atom is -0.486 e. The summed E-state index contributed by atoms with van der Waals surface area (Å²) in [7, 11) is -1.38. The molecular weight excluding hydrogens is 807 g/mol. The van der Waals surface area contributed by atoms with Crippen molar-refractivity contribution in [1.82, 2.24) is 15.0 Å². The van der Waals surface area contributed by atoms with E-state index >= 15 is 0 Å². The van der Waals surface area contributed by atoms with Gasteiger partial charge in [0.25, 0.3) is 0 Å². The van der Waals surface area contributed by atoms with Crippen molar-refractivity contribution in [2.75, 3.05) is 0 Å². The van der Waals surface area contributed by atoms with Crippen LogP contribution in [0.4, 0.5) is 0 Å². The topological polar surface area (TPSA) is 51.8 Å². The molecule has 4 nitrogen and oxygen atoms in total. The van der Waals surface area contributed by atoms with E-state index in [-0.39, 0.29) is 25.5 Å². The number of rotatable bonds is 8. The molecule has 50 heavy (non-hydrogen) atoms. The fraction of sp³-hybridized carbons (Fsp3) is 0.386. The monoisotopic (exact) mass is 860 g/mol. The fourth-order valence-electron chi connectivity index (χ4n) is 6.51. The predicted octanol–water partition coefficient (Wildman–Crippen LogP) is 11.6. The van der Waals surface area contributed by atoms with E-state index < -0.39 is 8.07 Å². The van der Waals surface area contributed by atoms with Gasteiger partial charge in [-0.25, -0.2) is 4.98 Å². The molecule has 0 atom stereocenters. The van der Waals surface area contributed by atoms with Crippen LogP contribution >= 0.6 is 0 Å². The number of aromatic nitrogens is 3. The number of pyridine rings is 3. The summed E-state index contributed by atoms with van der Waals surface area (Å²) in [4.78, 5) is 13.9. The van der Waals surface area contributed by atoms with Crippen LogP contribution in [-0.2, 0) is 31.9 Å². The minimum absolute atomic E-state index is 0. The molecule has 0 saturated heterocycles. The van der Waals surface area contributed by atoms with E-state index in [0.29, 0.717) is 17.5 Å². The van der Waals surface area contributed by atoms with Crippen LogP contribution in [0.1, 0.15) is 89.6 Å². The Kier molecular flexibility index (Phi) is 12.8. The fourth-order valence-corrected chi connectivity index (χ4v) is 8.10. The first-order chi connectivity index (χ1) is 23.2.